The molecular weight excluding hydrogens is 212 g/mol. The fourth-order valence-electron chi connectivity index (χ4n) is 0.999. The monoisotopic (exact) mass is 217 g/mol. The van der Waals surface area contributed by atoms with Crippen LogP contribution in [0.5, 0.6) is 5.75 Å². The zero-order chi connectivity index (χ0) is 10.7. The largest absolute Gasteiger partial charge is 0.432 e. The number of ether oxygens (including phenoxy) is 1. The number of nitrogens with zero attached hydrogens (tertiary/aromatic N) is 1. The van der Waals surface area contributed by atoms with Crippen molar-refractivity contribution in [2.45, 2.75) is 13.5 Å². The van der Waals surface area contributed by atoms with Crippen molar-refractivity contribution in [2.24, 2.45) is 0 Å². The average Bonchev–Trinajstić information content (AvgIpc) is 2.11. The molecule has 0 amide bonds. The predicted molar refractivity (Wildman–Crippen MR) is 47.5 cm³/mol. The van der Waals surface area contributed by atoms with Crippen molar-refractivity contribution in [3.05, 3.63) is 28.3 Å². The molecule has 0 N–H and O–H groups in total. The summed E-state index contributed by atoms with van der Waals surface area (Å²) in [6.45, 7) is -1.37. The fraction of sp³-hybridized carbons (Fsp3) is 0.222. The average molecular weight is 218 g/mol. The van der Waals surface area contributed by atoms with E-state index in [9.17, 15) is 8.78 Å². The van der Waals surface area contributed by atoms with Crippen molar-refractivity contribution in [1.82, 2.24) is 0 Å². The first kappa shape index (κ1) is 10.7. The molecule has 0 saturated carbocycles. The van der Waals surface area contributed by atoms with E-state index in [2.05, 4.69) is 4.74 Å². The number of hydrogen-bond donors (Lipinski definition) is 0. The van der Waals surface area contributed by atoms with Crippen LogP contribution in [-0.2, 0) is 0 Å². The topological polar surface area (TPSA) is 33.0 Å². The standard InChI is InChI=1S/C9H6ClF2NO/c1-5-2-3-7(10)8(6(5)4-13)14-9(11)12/h2-3,9H,1H3. The van der Waals surface area contributed by atoms with E-state index in [4.69, 9.17) is 16.9 Å². The van der Waals surface area contributed by atoms with Crippen molar-refractivity contribution in [2.75, 3.05) is 0 Å². The molecule has 0 radical (unpaired) electrons. The van der Waals surface area contributed by atoms with Crippen molar-refractivity contribution in [3.63, 3.8) is 0 Å². The van der Waals surface area contributed by atoms with Crippen molar-refractivity contribution < 1.29 is 13.5 Å². The van der Waals surface area contributed by atoms with Crippen molar-refractivity contribution in [3.8, 4) is 11.8 Å². The SMILES string of the molecule is Cc1ccc(Cl)c(OC(F)F)c1C#N. The van der Waals surface area contributed by atoms with Crippen LogP contribution in [0.3, 0.4) is 0 Å². The van der Waals surface area contributed by atoms with Crippen LogP contribution in [-0.4, -0.2) is 6.61 Å². The fourth-order valence-corrected chi connectivity index (χ4v) is 1.20. The molecule has 14 heavy (non-hydrogen) atoms. The third-order valence-electron chi connectivity index (χ3n) is 1.64. The molecule has 1 aromatic carbocycles. The summed E-state index contributed by atoms with van der Waals surface area (Å²) >= 11 is 5.61. The minimum atomic E-state index is -2.98. The van der Waals surface area contributed by atoms with E-state index in [0.717, 1.165) is 0 Å². The van der Waals surface area contributed by atoms with Gasteiger partial charge in [-0.15, -0.1) is 0 Å². The molecule has 0 saturated heterocycles. The van der Waals surface area contributed by atoms with E-state index in [0.29, 0.717) is 5.56 Å². The Morgan fingerprint density at radius 1 is 1.50 bits per heavy atom. The van der Waals surface area contributed by atoms with Crippen LogP contribution in [0.15, 0.2) is 12.1 Å². The summed E-state index contributed by atoms with van der Waals surface area (Å²) in [5.41, 5.74) is 0.588. The first-order valence-corrected chi connectivity index (χ1v) is 4.08. The Balaban J connectivity index is 3.25. The summed E-state index contributed by atoms with van der Waals surface area (Å²) in [5, 5.41) is 8.71. The maximum absolute atomic E-state index is 12.0. The first-order chi connectivity index (χ1) is 6.56. The van der Waals surface area contributed by atoms with Gasteiger partial charge in [0, 0.05) is 0 Å². The number of aryl methyl sites for hydroxylation is 1. The number of rotatable bonds is 2. The maximum Gasteiger partial charge on any atom is 0.387 e. The lowest BCUT2D eigenvalue weighted by molar-refractivity contribution is -0.0499. The van der Waals surface area contributed by atoms with Crippen LogP contribution in [0, 0.1) is 18.3 Å². The lowest BCUT2D eigenvalue weighted by atomic mass is 10.1. The van der Waals surface area contributed by atoms with E-state index in [-0.39, 0.29) is 16.3 Å². The van der Waals surface area contributed by atoms with Gasteiger partial charge in [0.2, 0.25) is 0 Å². The number of hydrogen-bond acceptors (Lipinski definition) is 2. The summed E-state index contributed by atoms with van der Waals surface area (Å²) < 4.78 is 28.1. The third kappa shape index (κ3) is 2.12. The summed E-state index contributed by atoms with van der Waals surface area (Å²) in [5.74, 6) is -0.260. The van der Waals surface area contributed by atoms with Gasteiger partial charge in [-0.3, -0.25) is 0 Å². The molecule has 0 spiro atoms. The Kier molecular flexibility index (Phi) is 3.26. The second-order valence-electron chi connectivity index (χ2n) is 2.56. The van der Waals surface area contributed by atoms with Crippen LogP contribution >= 0.6 is 11.6 Å². The predicted octanol–water partition coefficient (Wildman–Crippen LogP) is 3.12. The second kappa shape index (κ2) is 4.25. The Morgan fingerprint density at radius 2 is 2.14 bits per heavy atom. The third-order valence-corrected chi connectivity index (χ3v) is 1.93. The molecule has 0 atom stereocenters. The lowest BCUT2D eigenvalue weighted by Crippen LogP contribution is -2.04. The highest BCUT2D eigenvalue weighted by atomic mass is 35.5. The Labute approximate surface area is 84.7 Å². The van der Waals surface area contributed by atoms with Gasteiger partial charge in [0.05, 0.1) is 10.6 Å². The van der Waals surface area contributed by atoms with Crippen molar-refractivity contribution >= 4 is 11.6 Å². The highest BCUT2D eigenvalue weighted by Crippen LogP contribution is 2.31. The van der Waals surface area contributed by atoms with Crippen LogP contribution in [0.1, 0.15) is 11.1 Å². The van der Waals surface area contributed by atoms with Gasteiger partial charge in [-0.25, -0.2) is 0 Å². The molecule has 0 heterocycles. The van der Waals surface area contributed by atoms with Gasteiger partial charge in [0.15, 0.2) is 5.75 Å². The van der Waals surface area contributed by atoms with Crippen LogP contribution < -0.4 is 4.74 Å². The zero-order valence-electron chi connectivity index (χ0n) is 7.22. The van der Waals surface area contributed by atoms with Crippen LogP contribution in [0.4, 0.5) is 8.78 Å². The van der Waals surface area contributed by atoms with Gasteiger partial charge in [-0.2, -0.15) is 14.0 Å². The molecule has 74 valence electrons. The van der Waals surface area contributed by atoms with Gasteiger partial charge >= 0.3 is 6.61 Å². The molecule has 2 nitrogen and oxygen atoms in total. The second-order valence-corrected chi connectivity index (χ2v) is 2.97. The number of halogens is 3. The Bertz CT molecular complexity index is 387. The summed E-state index contributed by atoms with van der Waals surface area (Å²) in [4.78, 5) is 0. The van der Waals surface area contributed by atoms with E-state index in [1.807, 2.05) is 0 Å². The molecule has 1 rings (SSSR count). The number of nitriles is 1. The highest BCUT2D eigenvalue weighted by Gasteiger charge is 2.15. The van der Waals surface area contributed by atoms with Gasteiger partial charge in [0.25, 0.3) is 0 Å². The van der Waals surface area contributed by atoms with E-state index >= 15 is 0 Å². The minimum Gasteiger partial charge on any atom is -0.432 e. The Morgan fingerprint density at radius 3 is 2.64 bits per heavy atom. The molecule has 1 aromatic rings. The molecule has 0 fully saturated rings. The molecule has 0 aliphatic carbocycles. The van der Waals surface area contributed by atoms with Crippen LogP contribution in [0.2, 0.25) is 5.02 Å². The highest BCUT2D eigenvalue weighted by molar-refractivity contribution is 6.32. The molecule has 0 aliphatic heterocycles. The van der Waals surface area contributed by atoms with Crippen LogP contribution in [0.25, 0.3) is 0 Å². The van der Waals surface area contributed by atoms with Crippen molar-refractivity contribution in [1.29, 1.82) is 5.26 Å². The molecule has 0 aromatic heterocycles. The van der Waals surface area contributed by atoms with E-state index in [1.54, 1.807) is 19.1 Å². The quantitative estimate of drug-likeness (QED) is 0.763. The molecule has 5 heteroatoms. The van der Waals surface area contributed by atoms with Gasteiger partial charge < -0.3 is 4.74 Å². The zero-order valence-corrected chi connectivity index (χ0v) is 7.98. The normalized spacial score (nSPS) is 10.0. The lowest BCUT2D eigenvalue weighted by Gasteiger charge is -2.09. The maximum atomic E-state index is 12.0. The molecular formula is C9H6ClF2NO. The summed E-state index contributed by atoms with van der Waals surface area (Å²) in [7, 11) is 0. The minimum absolute atomic E-state index is 0.00690. The number of benzene rings is 1. The molecule has 0 aliphatic rings. The first-order valence-electron chi connectivity index (χ1n) is 3.70. The van der Waals surface area contributed by atoms with E-state index in [1.165, 1.54) is 6.07 Å². The molecule has 0 unspecified atom stereocenters. The van der Waals surface area contributed by atoms with Gasteiger partial charge in [-0.1, -0.05) is 17.7 Å². The van der Waals surface area contributed by atoms with Gasteiger partial charge in [-0.05, 0) is 18.6 Å². The Hall–Kier alpha value is -1.34. The number of alkyl halides is 2. The smallest absolute Gasteiger partial charge is 0.387 e. The summed E-state index contributed by atoms with van der Waals surface area (Å²) in [6, 6.07) is 4.75. The van der Waals surface area contributed by atoms with Gasteiger partial charge in [0.1, 0.15) is 6.07 Å². The molecule has 0 bridgehead atoms. The van der Waals surface area contributed by atoms with E-state index < -0.39 is 6.61 Å². The summed E-state index contributed by atoms with van der Waals surface area (Å²) in [6.07, 6.45) is 0.